The number of thioether (sulfide) groups is 1. The molecule has 1 fully saturated rings. The minimum absolute atomic E-state index is 0. The number of sulfonamides is 1. The Morgan fingerprint density at radius 2 is 1.68 bits per heavy atom. The summed E-state index contributed by atoms with van der Waals surface area (Å²) in [6.07, 6.45) is 9.05. The Balaban J connectivity index is 0.00000600. The van der Waals surface area contributed by atoms with Crippen LogP contribution < -0.4 is 10.1 Å². The van der Waals surface area contributed by atoms with Gasteiger partial charge in [0.15, 0.2) is 0 Å². The summed E-state index contributed by atoms with van der Waals surface area (Å²) in [5.41, 5.74) is 3.68. The SMILES string of the molecule is COC(=O)[C@H](CCSC)NC(=O)c1ccc(CN(CCC2CCCCC2)S(=O)(=O)c2ccc(OC)cc2)cc1-c1ccccc1C.[Li]. The van der Waals surface area contributed by atoms with Crippen molar-refractivity contribution in [1.29, 1.82) is 0 Å². The van der Waals surface area contributed by atoms with E-state index < -0.39 is 22.0 Å². The summed E-state index contributed by atoms with van der Waals surface area (Å²) in [6, 6.07) is 18.9. The van der Waals surface area contributed by atoms with Gasteiger partial charge in [0.05, 0.1) is 19.1 Å². The molecule has 1 N–H and O–H groups in total. The second-order valence-electron chi connectivity index (χ2n) is 11.8. The summed E-state index contributed by atoms with van der Waals surface area (Å²) in [7, 11) is -0.964. The summed E-state index contributed by atoms with van der Waals surface area (Å²) < 4.78 is 39.9. The van der Waals surface area contributed by atoms with Crippen molar-refractivity contribution >= 4 is 52.5 Å². The number of rotatable bonds is 15. The van der Waals surface area contributed by atoms with E-state index in [2.05, 4.69) is 5.32 Å². The number of nitrogens with zero attached hydrogens (tertiary/aromatic N) is 1. The molecule has 0 bridgehead atoms. The molecule has 0 aliphatic heterocycles. The summed E-state index contributed by atoms with van der Waals surface area (Å²) in [6.45, 7) is 2.53. The zero-order chi connectivity index (χ0) is 33.1. The number of amides is 1. The third kappa shape index (κ3) is 10.4. The fourth-order valence-corrected chi connectivity index (χ4v) is 7.95. The number of carbonyl (C=O) groups excluding carboxylic acids is 2. The molecule has 1 aliphatic carbocycles. The molecule has 0 unspecified atom stereocenters. The number of esters is 1. The van der Waals surface area contributed by atoms with Gasteiger partial charge in [-0.15, -0.1) is 0 Å². The van der Waals surface area contributed by atoms with E-state index in [-0.39, 0.29) is 36.2 Å². The predicted octanol–water partition coefficient (Wildman–Crippen LogP) is 6.48. The van der Waals surface area contributed by atoms with Gasteiger partial charge in [-0.2, -0.15) is 16.1 Å². The fraction of sp³-hybridized carbons (Fsp3) is 0.444. The van der Waals surface area contributed by atoms with E-state index in [1.165, 1.54) is 26.4 Å². The number of methoxy groups -OCH3 is 2. The largest absolute Gasteiger partial charge is 0.497 e. The Labute approximate surface area is 296 Å². The minimum atomic E-state index is -3.83. The molecule has 47 heavy (non-hydrogen) atoms. The van der Waals surface area contributed by atoms with Crippen LogP contribution in [0.3, 0.4) is 0 Å². The van der Waals surface area contributed by atoms with E-state index in [0.717, 1.165) is 36.0 Å². The van der Waals surface area contributed by atoms with Crippen molar-refractivity contribution in [3.63, 3.8) is 0 Å². The first kappa shape index (κ1) is 38.7. The van der Waals surface area contributed by atoms with Crippen LogP contribution >= 0.6 is 11.8 Å². The topological polar surface area (TPSA) is 102 Å². The number of hydrogen-bond acceptors (Lipinski definition) is 7. The summed E-state index contributed by atoms with van der Waals surface area (Å²) in [5, 5.41) is 2.88. The van der Waals surface area contributed by atoms with E-state index >= 15 is 0 Å². The van der Waals surface area contributed by atoms with Gasteiger partial charge in [-0.1, -0.05) is 62.4 Å². The smallest absolute Gasteiger partial charge is 0.328 e. The van der Waals surface area contributed by atoms with Crippen molar-refractivity contribution in [3.8, 4) is 16.9 Å². The maximum atomic E-state index is 14.1. The number of ether oxygens (including phenoxy) is 2. The quantitative estimate of drug-likeness (QED) is 0.146. The van der Waals surface area contributed by atoms with Gasteiger partial charge in [0.2, 0.25) is 10.0 Å². The first-order chi connectivity index (χ1) is 22.2. The van der Waals surface area contributed by atoms with Crippen LogP contribution in [0.1, 0.15) is 66.4 Å². The van der Waals surface area contributed by atoms with E-state index in [1.807, 2.05) is 49.6 Å². The summed E-state index contributed by atoms with van der Waals surface area (Å²) >= 11 is 1.59. The maximum absolute atomic E-state index is 14.1. The molecule has 1 atom stereocenters. The first-order valence-corrected chi connectivity index (χ1v) is 18.7. The van der Waals surface area contributed by atoms with Gasteiger partial charge in [-0.25, -0.2) is 13.2 Å². The molecule has 0 heterocycles. The Hall–Kier alpha value is -2.74. The summed E-state index contributed by atoms with van der Waals surface area (Å²) in [4.78, 5) is 26.4. The normalized spacial score (nSPS) is 14.2. The van der Waals surface area contributed by atoms with Crippen LogP contribution in [0.2, 0.25) is 0 Å². The van der Waals surface area contributed by atoms with Crippen LogP contribution in [0.4, 0.5) is 0 Å². The van der Waals surface area contributed by atoms with Gasteiger partial charge in [0, 0.05) is 37.5 Å². The maximum Gasteiger partial charge on any atom is 0.328 e. The molecule has 0 aromatic heterocycles. The Bertz CT molecular complexity index is 1580. The molecule has 1 aliphatic rings. The van der Waals surface area contributed by atoms with Gasteiger partial charge in [0.1, 0.15) is 11.8 Å². The molecule has 1 saturated carbocycles. The van der Waals surface area contributed by atoms with Crippen LogP contribution in [0.5, 0.6) is 5.75 Å². The second-order valence-corrected chi connectivity index (χ2v) is 14.8. The standard InChI is InChI=1S/C36H46N2O6S2.Li/c1-26-10-8-9-13-31(26)33-24-28(14-19-32(33)35(39)37-34(21-23-45-4)36(40)44-3)25-38(22-20-27-11-6-5-7-12-27)46(41,42)30-17-15-29(43-2)16-18-30;/h8-10,13-19,24,27,34H,5-7,11-12,20-23,25H2,1-4H3,(H,37,39);/t34-;/m0./s1. The number of aryl methyl sites for hydroxylation is 1. The number of hydrogen-bond donors (Lipinski definition) is 1. The molecule has 0 spiro atoms. The third-order valence-corrected chi connectivity index (χ3v) is 11.2. The molecule has 0 saturated heterocycles. The van der Waals surface area contributed by atoms with E-state index in [0.29, 0.717) is 41.5 Å². The van der Waals surface area contributed by atoms with Gasteiger partial charge >= 0.3 is 5.97 Å². The molecule has 3 aromatic rings. The molecule has 4 rings (SSSR count). The Morgan fingerprint density at radius 3 is 2.32 bits per heavy atom. The zero-order valence-corrected chi connectivity index (χ0v) is 29.9. The number of benzene rings is 3. The van der Waals surface area contributed by atoms with Crippen molar-refractivity contribution < 1.29 is 27.5 Å². The van der Waals surface area contributed by atoms with Crippen molar-refractivity contribution in [1.82, 2.24) is 9.62 Å². The third-order valence-electron chi connectivity index (χ3n) is 8.73. The molecule has 3 aromatic carbocycles. The Kier molecular flexibility index (Phi) is 15.4. The monoisotopic (exact) mass is 673 g/mol. The van der Waals surface area contributed by atoms with Crippen molar-refractivity contribution in [2.75, 3.05) is 32.8 Å². The average Bonchev–Trinajstić information content (AvgIpc) is 3.08. The molecule has 8 nitrogen and oxygen atoms in total. The van der Waals surface area contributed by atoms with Crippen LogP contribution in [0.25, 0.3) is 11.1 Å². The van der Waals surface area contributed by atoms with Crippen molar-refractivity contribution in [3.05, 3.63) is 83.4 Å². The van der Waals surface area contributed by atoms with Crippen LogP contribution in [-0.2, 0) is 26.1 Å². The minimum Gasteiger partial charge on any atom is -0.497 e. The number of nitrogens with one attached hydrogen (secondary N) is 1. The van der Waals surface area contributed by atoms with Gasteiger partial charge in [-0.3, -0.25) is 4.79 Å². The summed E-state index contributed by atoms with van der Waals surface area (Å²) in [5.74, 6) is 0.899. The van der Waals surface area contributed by atoms with Crippen molar-refractivity contribution in [2.45, 2.75) is 69.4 Å². The molecular weight excluding hydrogens is 627 g/mol. The molecular formula is C36H46LiN2O6S2. The van der Waals surface area contributed by atoms with Crippen LogP contribution in [0.15, 0.2) is 71.6 Å². The molecule has 1 amide bonds. The fourth-order valence-electron chi connectivity index (χ4n) is 6.04. The van der Waals surface area contributed by atoms with E-state index in [4.69, 9.17) is 9.47 Å². The molecule has 11 heteroatoms. The van der Waals surface area contributed by atoms with Crippen LogP contribution in [-0.4, -0.2) is 82.3 Å². The van der Waals surface area contributed by atoms with Gasteiger partial charge < -0.3 is 14.8 Å². The average molecular weight is 674 g/mol. The molecule has 249 valence electrons. The second kappa shape index (κ2) is 18.7. The van der Waals surface area contributed by atoms with Gasteiger partial charge in [0.25, 0.3) is 5.91 Å². The zero-order valence-electron chi connectivity index (χ0n) is 28.3. The predicted molar refractivity (Wildman–Crippen MR) is 190 cm³/mol. The van der Waals surface area contributed by atoms with Crippen molar-refractivity contribution in [2.24, 2.45) is 5.92 Å². The van der Waals surface area contributed by atoms with E-state index in [1.54, 1.807) is 53.5 Å². The van der Waals surface area contributed by atoms with Crippen LogP contribution in [0, 0.1) is 12.8 Å². The number of carbonyl (C=O) groups is 2. The van der Waals surface area contributed by atoms with E-state index in [9.17, 15) is 18.0 Å². The first-order valence-electron chi connectivity index (χ1n) is 15.9. The van der Waals surface area contributed by atoms with Gasteiger partial charge in [-0.05, 0) is 96.3 Å². The molecule has 1 radical (unpaired) electrons. The Morgan fingerprint density at radius 1 is 0.979 bits per heavy atom.